The van der Waals surface area contributed by atoms with Gasteiger partial charge in [-0.2, -0.15) is 4.31 Å². The van der Waals surface area contributed by atoms with Crippen molar-refractivity contribution in [2.24, 2.45) is 0 Å². The van der Waals surface area contributed by atoms with Gasteiger partial charge in [0, 0.05) is 18.8 Å². The Bertz CT molecular complexity index is 610. The lowest BCUT2D eigenvalue weighted by molar-refractivity contribution is -0.116. The molecule has 23 heavy (non-hydrogen) atoms. The summed E-state index contributed by atoms with van der Waals surface area (Å²) in [5.74, 6) is 0.0815. The number of nitrogens with zero attached hydrogens (tertiary/aromatic N) is 2. The van der Waals surface area contributed by atoms with Gasteiger partial charge in [0.15, 0.2) is 0 Å². The average Bonchev–Trinajstić information content (AvgIpc) is 2.42. The summed E-state index contributed by atoms with van der Waals surface area (Å²) in [6.07, 6.45) is 1.12. The molecule has 0 radical (unpaired) electrons. The zero-order chi connectivity index (χ0) is 17.6. The van der Waals surface area contributed by atoms with E-state index in [2.05, 4.69) is 19.2 Å². The van der Waals surface area contributed by atoms with Gasteiger partial charge in [-0.15, -0.1) is 0 Å². The van der Waals surface area contributed by atoms with Crippen LogP contribution < -0.4 is 5.32 Å². The van der Waals surface area contributed by atoms with Crippen LogP contribution in [-0.2, 0) is 14.8 Å². The van der Waals surface area contributed by atoms with Crippen LogP contribution in [-0.4, -0.2) is 63.5 Å². The first-order valence-corrected chi connectivity index (χ1v) is 9.44. The number of rotatable bonds is 8. The fourth-order valence-electron chi connectivity index (χ4n) is 1.99. The van der Waals surface area contributed by atoms with E-state index in [-0.39, 0.29) is 19.0 Å². The van der Waals surface area contributed by atoms with Crippen LogP contribution in [0.1, 0.15) is 25.3 Å². The van der Waals surface area contributed by atoms with E-state index < -0.39 is 10.0 Å². The van der Waals surface area contributed by atoms with Gasteiger partial charge in [0.25, 0.3) is 0 Å². The van der Waals surface area contributed by atoms with E-state index in [4.69, 9.17) is 0 Å². The minimum absolute atomic E-state index is 0.182. The summed E-state index contributed by atoms with van der Waals surface area (Å²) in [4.78, 5) is 14.0. The molecule has 0 heterocycles. The van der Waals surface area contributed by atoms with Crippen molar-refractivity contribution in [2.75, 3.05) is 45.3 Å². The number of carbonyl (C=O) groups excluding carboxylic acids is 1. The molecule has 1 aromatic rings. The predicted molar refractivity (Wildman–Crippen MR) is 94.1 cm³/mol. The van der Waals surface area contributed by atoms with Gasteiger partial charge in [-0.25, -0.2) is 8.42 Å². The summed E-state index contributed by atoms with van der Waals surface area (Å²) in [7, 11) is 0.296. The second kappa shape index (κ2) is 8.42. The number of hydrogen-bond acceptors (Lipinski definition) is 4. The molecule has 0 saturated heterocycles. The topological polar surface area (TPSA) is 69.7 Å². The average molecular weight is 341 g/mol. The first kappa shape index (κ1) is 19.6. The largest absolute Gasteiger partial charge is 0.325 e. The number of likely N-dealkylation sites (N-methyl/N-ethyl adjacent to an activating group) is 1. The molecule has 7 heteroatoms. The van der Waals surface area contributed by atoms with Crippen LogP contribution in [0.25, 0.3) is 0 Å². The van der Waals surface area contributed by atoms with Crippen molar-refractivity contribution in [2.45, 2.75) is 19.8 Å². The minimum atomic E-state index is -3.42. The van der Waals surface area contributed by atoms with E-state index in [1.165, 1.54) is 9.87 Å². The molecule has 0 bridgehead atoms. The number of anilines is 1. The highest BCUT2D eigenvalue weighted by atomic mass is 32.2. The van der Waals surface area contributed by atoms with Gasteiger partial charge in [-0.1, -0.05) is 26.0 Å². The zero-order valence-corrected chi connectivity index (χ0v) is 15.4. The fraction of sp³-hybridized carbons (Fsp3) is 0.562. The van der Waals surface area contributed by atoms with E-state index in [9.17, 15) is 13.2 Å². The highest BCUT2D eigenvalue weighted by Gasteiger charge is 2.20. The van der Waals surface area contributed by atoms with Crippen LogP contribution >= 0.6 is 0 Å². The number of sulfonamides is 1. The highest BCUT2D eigenvalue weighted by Crippen LogP contribution is 2.17. The van der Waals surface area contributed by atoms with Gasteiger partial charge in [0.05, 0.1) is 12.8 Å². The Balaban J connectivity index is 2.68. The second-order valence-corrected chi connectivity index (χ2v) is 8.21. The van der Waals surface area contributed by atoms with Crippen molar-refractivity contribution < 1.29 is 13.2 Å². The third-order valence-corrected chi connectivity index (χ3v) is 4.70. The zero-order valence-electron chi connectivity index (χ0n) is 14.5. The number of benzene rings is 1. The van der Waals surface area contributed by atoms with Gasteiger partial charge in [-0.05, 0) is 37.7 Å². The van der Waals surface area contributed by atoms with Gasteiger partial charge in [-0.3, -0.25) is 4.79 Å². The molecule has 0 aliphatic heterocycles. The lowest BCUT2D eigenvalue weighted by Crippen LogP contribution is -2.41. The molecule has 130 valence electrons. The Hall–Kier alpha value is -1.44. The number of nitrogens with one attached hydrogen (secondary N) is 1. The summed E-state index contributed by atoms with van der Waals surface area (Å²) >= 11 is 0. The van der Waals surface area contributed by atoms with Crippen LogP contribution in [0.3, 0.4) is 0 Å². The third-order valence-electron chi connectivity index (χ3n) is 3.45. The highest BCUT2D eigenvalue weighted by molar-refractivity contribution is 7.88. The molecule has 0 aliphatic carbocycles. The first-order valence-electron chi connectivity index (χ1n) is 7.59. The Morgan fingerprint density at radius 1 is 1.13 bits per heavy atom. The van der Waals surface area contributed by atoms with Crippen molar-refractivity contribution in [1.29, 1.82) is 0 Å². The summed E-state index contributed by atoms with van der Waals surface area (Å²) in [6.45, 7) is 4.86. The molecule has 1 N–H and O–H groups in total. The van der Waals surface area contributed by atoms with E-state index in [1.807, 2.05) is 43.3 Å². The molecule has 6 nitrogen and oxygen atoms in total. The fourth-order valence-corrected chi connectivity index (χ4v) is 2.75. The maximum absolute atomic E-state index is 12.1. The molecule has 0 unspecified atom stereocenters. The molecular weight excluding hydrogens is 314 g/mol. The quantitative estimate of drug-likeness (QED) is 0.779. The Kier molecular flexibility index (Phi) is 7.18. The van der Waals surface area contributed by atoms with Crippen molar-refractivity contribution in [3.05, 3.63) is 29.8 Å². The Morgan fingerprint density at radius 3 is 2.13 bits per heavy atom. The lowest BCUT2D eigenvalue weighted by Gasteiger charge is -2.21. The molecule has 0 aliphatic rings. The number of carbonyl (C=O) groups is 1. The van der Waals surface area contributed by atoms with Crippen molar-refractivity contribution in [1.82, 2.24) is 9.21 Å². The summed E-state index contributed by atoms with van der Waals surface area (Å²) in [5, 5.41) is 2.74. The molecular formula is C16H27N3O3S. The molecule has 1 amide bonds. The molecule has 0 spiro atoms. The monoisotopic (exact) mass is 341 g/mol. The molecule has 0 fully saturated rings. The molecule has 1 aromatic carbocycles. The number of amides is 1. The second-order valence-electron chi connectivity index (χ2n) is 6.22. The summed E-state index contributed by atoms with van der Waals surface area (Å²) < 4.78 is 24.7. The van der Waals surface area contributed by atoms with Crippen LogP contribution in [0.2, 0.25) is 0 Å². The summed E-state index contributed by atoms with van der Waals surface area (Å²) in [6, 6.07) is 7.58. The SMILES string of the molecule is CC(C)c1ccc(NC(=O)CN(CCN(C)C)S(C)(=O)=O)cc1. The van der Waals surface area contributed by atoms with Gasteiger partial charge in [0.1, 0.15) is 0 Å². The lowest BCUT2D eigenvalue weighted by atomic mass is 10.0. The van der Waals surface area contributed by atoms with Crippen molar-refractivity contribution in [3.63, 3.8) is 0 Å². The van der Waals surface area contributed by atoms with Crippen LogP contribution in [0.15, 0.2) is 24.3 Å². The molecule has 1 rings (SSSR count). The van der Waals surface area contributed by atoms with Crippen molar-refractivity contribution >= 4 is 21.6 Å². The van der Waals surface area contributed by atoms with E-state index in [0.717, 1.165) is 6.26 Å². The Labute approximate surface area is 139 Å². The summed E-state index contributed by atoms with van der Waals surface area (Å²) in [5.41, 5.74) is 1.85. The van der Waals surface area contributed by atoms with Crippen LogP contribution in [0, 0.1) is 0 Å². The third kappa shape index (κ3) is 7.11. The smallest absolute Gasteiger partial charge is 0.239 e. The molecule has 0 atom stereocenters. The standard InChI is InChI=1S/C16H27N3O3S/c1-13(2)14-6-8-15(9-7-14)17-16(20)12-19(23(5,21)22)11-10-18(3)4/h6-9,13H,10-12H2,1-5H3,(H,17,20). The Morgan fingerprint density at radius 2 is 1.70 bits per heavy atom. The van der Waals surface area contributed by atoms with E-state index >= 15 is 0 Å². The van der Waals surface area contributed by atoms with Gasteiger partial charge < -0.3 is 10.2 Å². The van der Waals surface area contributed by atoms with Crippen LogP contribution in [0.4, 0.5) is 5.69 Å². The molecule has 0 saturated carbocycles. The van der Waals surface area contributed by atoms with Gasteiger partial charge in [0.2, 0.25) is 15.9 Å². The van der Waals surface area contributed by atoms with Crippen molar-refractivity contribution in [3.8, 4) is 0 Å². The van der Waals surface area contributed by atoms with Gasteiger partial charge >= 0.3 is 0 Å². The van der Waals surface area contributed by atoms with E-state index in [1.54, 1.807) is 0 Å². The first-order chi connectivity index (χ1) is 10.6. The van der Waals surface area contributed by atoms with E-state index in [0.29, 0.717) is 18.2 Å². The maximum atomic E-state index is 12.1. The maximum Gasteiger partial charge on any atom is 0.239 e. The number of hydrogen-bond donors (Lipinski definition) is 1. The predicted octanol–water partition coefficient (Wildman–Crippen LogP) is 1.57. The normalized spacial score (nSPS) is 12.2. The minimum Gasteiger partial charge on any atom is -0.325 e. The molecule has 0 aromatic heterocycles. The van der Waals surface area contributed by atoms with Crippen LogP contribution in [0.5, 0.6) is 0 Å².